The van der Waals surface area contributed by atoms with Crippen molar-refractivity contribution in [2.45, 2.75) is 32.8 Å². The van der Waals surface area contributed by atoms with Crippen molar-refractivity contribution in [2.75, 3.05) is 0 Å². The molecule has 0 unspecified atom stereocenters. The van der Waals surface area contributed by atoms with Crippen LogP contribution in [0.25, 0.3) is 4.96 Å². The van der Waals surface area contributed by atoms with Gasteiger partial charge in [-0.3, -0.25) is 0 Å². The van der Waals surface area contributed by atoms with E-state index in [1.54, 1.807) is 0 Å². The van der Waals surface area contributed by atoms with Gasteiger partial charge in [-0.25, -0.2) is 0 Å². The topological polar surface area (TPSA) is 52.3 Å². The lowest BCUT2D eigenvalue weighted by Crippen LogP contribution is -1.99. The average Bonchev–Trinajstić information content (AvgIpc) is 3.05. The van der Waals surface area contributed by atoms with E-state index < -0.39 is 0 Å². The maximum absolute atomic E-state index is 5.73. The van der Waals surface area contributed by atoms with Crippen LogP contribution in [0.1, 0.15) is 30.6 Å². The molecule has 0 fully saturated rings. The molecule has 0 atom stereocenters. The standard InChI is InChI=1S/C14H15BrN4OS/c1-2-3-4-12-16-17-14-19(12)18-13(21-14)9-20-11-7-5-10(15)6-8-11/h5-8H,2-4,9H2,1H3. The Morgan fingerprint density at radius 2 is 2.05 bits per heavy atom. The lowest BCUT2D eigenvalue weighted by Gasteiger charge is -2.03. The minimum Gasteiger partial charge on any atom is -0.486 e. The van der Waals surface area contributed by atoms with E-state index in [1.807, 2.05) is 28.8 Å². The first-order valence-corrected chi connectivity index (χ1v) is 8.45. The van der Waals surface area contributed by atoms with Crippen LogP contribution < -0.4 is 4.74 Å². The molecule has 0 aliphatic rings. The highest BCUT2D eigenvalue weighted by molar-refractivity contribution is 9.10. The molecule has 0 aliphatic heterocycles. The molecule has 2 aromatic heterocycles. The van der Waals surface area contributed by atoms with Crippen LogP contribution in [0.4, 0.5) is 0 Å². The van der Waals surface area contributed by atoms with Crippen LogP contribution in [0, 0.1) is 0 Å². The van der Waals surface area contributed by atoms with Gasteiger partial charge in [0.25, 0.3) is 0 Å². The summed E-state index contributed by atoms with van der Waals surface area (Å²) in [5.41, 5.74) is 0. The first-order valence-electron chi connectivity index (χ1n) is 6.84. The van der Waals surface area contributed by atoms with Crippen molar-refractivity contribution in [3.05, 3.63) is 39.6 Å². The summed E-state index contributed by atoms with van der Waals surface area (Å²) in [5, 5.41) is 13.8. The van der Waals surface area contributed by atoms with E-state index in [2.05, 4.69) is 38.1 Å². The summed E-state index contributed by atoms with van der Waals surface area (Å²) < 4.78 is 8.60. The maximum Gasteiger partial charge on any atom is 0.234 e. The summed E-state index contributed by atoms with van der Waals surface area (Å²) in [4.78, 5) is 0.829. The zero-order valence-electron chi connectivity index (χ0n) is 11.6. The second-order valence-electron chi connectivity index (χ2n) is 4.65. The average molecular weight is 367 g/mol. The van der Waals surface area contributed by atoms with Gasteiger partial charge in [0.2, 0.25) is 4.96 Å². The number of unbranched alkanes of at least 4 members (excludes halogenated alkanes) is 1. The molecular formula is C14H15BrN4OS. The van der Waals surface area contributed by atoms with E-state index in [9.17, 15) is 0 Å². The first kappa shape index (κ1) is 14.5. The lowest BCUT2D eigenvalue weighted by atomic mass is 10.2. The van der Waals surface area contributed by atoms with Crippen molar-refractivity contribution in [3.63, 3.8) is 0 Å². The molecule has 3 rings (SSSR count). The van der Waals surface area contributed by atoms with Gasteiger partial charge < -0.3 is 4.74 Å². The summed E-state index contributed by atoms with van der Waals surface area (Å²) in [5.74, 6) is 1.76. The number of benzene rings is 1. The van der Waals surface area contributed by atoms with Gasteiger partial charge in [0, 0.05) is 10.9 Å². The fraction of sp³-hybridized carbons (Fsp3) is 0.357. The molecule has 5 nitrogen and oxygen atoms in total. The number of nitrogens with zero attached hydrogens (tertiary/aromatic N) is 4. The molecule has 0 aliphatic carbocycles. The van der Waals surface area contributed by atoms with E-state index in [0.717, 1.165) is 45.3 Å². The molecule has 0 spiro atoms. The Labute approximate surface area is 135 Å². The number of halogens is 1. The molecule has 0 radical (unpaired) electrons. The van der Waals surface area contributed by atoms with E-state index >= 15 is 0 Å². The second kappa shape index (κ2) is 6.53. The highest BCUT2D eigenvalue weighted by atomic mass is 79.9. The summed E-state index contributed by atoms with van der Waals surface area (Å²) >= 11 is 4.92. The van der Waals surface area contributed by atoms with Gasteiger partial charge in [0.15, 0.2) is 10.8 Å². The Morgan fingerprint density at radius 3 is 2.81 bits per heavy atom. The SMILES string of the molecule is CCCCc1nnc2sc(COc3ccc(Br)cc3)nn12. The largest absolute Gasteiger partial charge is 0.486 e. The molecule has 0 saturated heterocycles. The zero-order chi connectivity index (χ0) is 14.7. The van der Waals surface area contributed by atoms with Crippen LogP contribution in [0.3, 0.4) is 0 Å². The summed E-state index contributed by atoms with van der Waals surface area (Å²) in [6.07, 6.45) is 3.15. The number of fused-ring (bicyclic) bond motifs is 1. The summed E-state index contributed by atoms with van der Waals surface area (Å²) in [6, 6.07) is 7.77. The molecular weight excluding hydrogens is 352 g/mol. The maximum atomic E-state index is 5.73. The van der Waals surface area contributed by atoms with E-state index in [-0.39, 0.29) is 0 Å². The van der Waals surface area contributed by atoms with Crippen molar-refractivity contribution >= 4 is 32.2 Å². The second-order valence-corrected chi connectivity index (χ2v) is 6.61. The Kier molecular flexibility index (Phi) is 4.50. The predicted molar refractivity (Wildman–Crippen MR) is 85.7 cm³/mol. The van der Waals surface area contributed by atoms with Crippen molar-refractivity contribution in [3.8, 4) is 5.75 Å². The van der Waals surface area contributed by atoms with Crippen LogP contribution >= 0.6 is 27.3 Å². The normalized spacial score (nSPS) is 11.1. The third kappa shape index (κ3) is 3.41. The van der Waals surface area contributed by atoms with Crippen molar-refractivity contribution in [1.82, 2.24) is 19.8 Å². The monoisotopic (exact) mass is 366 g/mol. The zero-order valence-corrected chi connectivity index (χ0v) is 14.0. The number of hydrogen-bond donors (Lipinski definition) is 0. The lowest BCUT2D eigenvalue weighted by molar-refractivity contribution is 0.304. The van der Waals surface area contributed by atoms with Crippen molar-refractivity contribution in [1.29, 1.82) is 0 Å². The van der Waals surface area contributed by atoms with Gasteiger partial charge in [-0.05, 0) is 30.7 Å². The third-order valence-electron chi connectivity index (χ3n) is 3.03. The van der Waals surface area contributed by atoms with Gasteiger partial charge in [0.1, 0.15) is 12.4 Å². The number of rotatable bonds is 6. The van der Waals surface area contributed by atoms with E-state index in [4.69, 9.17) is 4.74 Å². The van der Waals surface area contributed by atoms with Crippen LogP contribution in [-0.2, 0) is 13.0 Å². The van der Waals surface area contributed by atoms with Crippen molar-refractivity contribution in [2.24, 2.45) is 0 Å². The summed E-state index contributed by atoms with van der Waals surface area (Å²) in [6.45, 7) is 2.61. The molecule has 1 aromatic carbocycles. The van der Waals surface area contributed by atoms with Crippen LogP contribution in [0.2, 0.25) is 0 Å². The van der Waals surface area contributed by atoms with Gasteiger partial charge in [-0.2, -0.15) is 9.61 Å². The third-order valence-corrected chi connectivity index (χ3v) is 4.43. The van der Waals surface area contributed by atoms with Gasteiger partial charge >= 0.3 is 0 Å². The van der Waals surface area contributed by atoms with E-state index in [1.165, 1.54) is 11.3 Å². The smallest absolute Gasteiger partial charge is 0.234 e. The fourth-order valence-corrected chi connectivity index (χ4v) is 2.95. The Morgan fingerprint density at radius 1 is 1.24 bits per heavy atom. The molecule has 3 aromatic rings. The molecule has 2 heterocycles. The van der Waals surface area contributed by atoms with Crippen LogP contribution in [0.5, 0.6) is 5.75 Å². The number of ether oxygens (including phenoxy) is 1. The number of hydrogen-bond acceptors (Lipinski definition) is 5. The summed E-state index contributed by atoms with van der Waals surface area (Å²) in [7, 11) is 0. The van der Waals surface area contributed by atoms with Crippen LogP contribution in [-0.4, -0.2) is 19.8 Å². The van der Waals surface area contributed by atoms with Crippen molar-refractivity contribution < 1.29 is 4.74 Å². The molecule has 7 heteroatoms. The van der Waals surface area contributed by atoms with Gasteiger partial charge in [-0.15, -0.1) is 10.2 Å². The van der Waals surface area contributed by atoms with E-state index in [0.29, 0.717) is 6.61 Å². The predicted octanol–water partition coefficient (Wildman–Crippen LogP) is 3.87. The Bertz CT molecular complexity index is 722. The van der Waals surface area contributed by atoms with Gasteiger partial charge in [0.05, 0.1) is 0 Å². The van der Waals surface area contributed by atoms with Gasteiger partial charge in [-0.1, -0.05) is 40.6 Å². The molecule has 0 amide bonds. The Balaban J connectivity index is 1.69. The highest BCUT2D eigenvalue weighted by Gasteiger charge is 2.11. The molecule has 0 bridgehead atoms. The minimum absolute atomic E-state index is 0.447. The Hall–Kier alpha value is -1.47. The molecule has 110 valence electrons. The van der Waals surface area contributed by atoms with Crippen LogP contribution in [0.15, 0.2) is 28.7 Å². The molecule has 0 saturated carbocycles. The molecule has 21 heavy (non-hydrogen) atoms. The fourth-order valence-electron chi connectivity index (χ4n) is 1.92. The number of aryl methyl sites for hydroxylation is 1. The molecule has 0 N–H and O–H groups in total. The number of aromatic nitrogens is 4. The highest BCUT2D eigenvalue weighted by Crippen LogP contribution is 2.20. The minimum atomic E-state index is 0.447. The quantitative estimate of drug-likeness (QED) is 0.664. The first-order chi connectivity index (χ1) is 10.3.